The molecule has 29 heavy (non-hydrogen) atoms. The van der Waals surface area contributed by atoms with E-state index < -0.39 is 12.1 Å². The first-order valence-corrected chi connectivity index (χ1v) is 9.57. The summed E-state index contributed by atoms with van der Waals surface area (Å²) in [5, 5.41) is 5.67. The third-order valence-electron chi connectivity index (χ3n) is 4.67. The summed E-state index contributed by atoms with van der Waals surface area (Å²) in [7, 11) is 1.60. The average Bonchev–Trinajstić information content (AvgIpc) is 2.75. The number of fused-ring (bicyclic) bond motifs is 1. The van der Waals surface area contributed by atoms with Crippen LogP contribution in [0, 0.1) is 5.92 Å². The van der Waals surface area contributed by atoms with Gasteiger partial charge in [0, 0.05) is 6.54 Å². The molecule has 7 heteroatoms. The molecule has 2 N–H and O–H groups in total. The fourth-order valence-electron chi connectivity index (χ4n) is 2.97. The number of para-hydroxylation sites is 2. The summed E-state index contributed by atoms with van der Waals surface area (Å²) in [4.78, 5) is 25.3. The van der Waals surface area contributed by atoms with Crippen LogP contribution in [0.3, 0.4) is 0 Å². The van der Waals surface area contributed by atoms with E-state index in [1.54, 1.807) is 19.2 Å². The second-order valence-electron chi connectivity index (χ2n) is 7.16. The first kappa shape index (κ1) is 20.5. The van der Waals surface area contributed by atoms with Crippen molar-refractivity contribution in [2.24, 2.45) is 5.92 Å². The highest BCUT2D eigenvalue weighted by Crippen LogP contribution is 2.30. The standard InChI is InChI=1S/C22H26N2O5/c1-14(2)20(22(26)23-12-15-8-10-16(27-3)11-9-15)24-21(25)19-13-28-17-6-4-5-7-18(17)29-19/h4-11,14,19-20H,12-13H2,1-3H3,(H,23,26)(H,24,25)/t19-,20-/m1/s1. The molecule has 2 aromatic carbocycles. The molecule has 0 aliphatic carbocycles. The molecule has 2 amide bonds. The van der Waals surface area contributed by atoms with Gasteiger partial charge in [0.15, 0.2) is 11.5 Å². The number of methoxy groups -OCH3 is 1. The molecule has 1 aliphatic heterocycles. The third kappa shape index (κ3) is 5.19. The zero-order valence-corrected chi connectivity index (χ0v) is 16.8. The van der Waals surface area contributed by atoms with Crippen molar-refractivity contribution in [2.45, 2.75) is 32.5 Å². The Balaban J connectivity index is 1.57. The molecule has 1 aliphatic rings. The molecule has 0 saturated heterocycles. The minimum atomic E-state index is -0.805. The van der Waals surface area contributed by atoms with E-state index in [1.807, 2.05) is 50.2 Å². The molecule has 7 nitrogen and oxygen atoms in total. The van der Waals surface area contributed by atoms with Crippen LogP contribution >= 0.6 is 0 Å². The van der Waals surface area contributed by atoms with Gasteiger partial charge in [0.05, 0.1) is 7.11 Å². The van der Waals surface area contributed by atoms with Gasteiger partial charge in [-0.1, -0.05) is 38.1 Å². The number of carbonyl (C=O) groups excluding carboxylic acids is 2. The third-order valence-corrected chi connectivity index (χ3v) is 4.67. The number of amides is 2. The number of ether oxygens (including phenoxy) is 3. The average molecular weight is 398 g/mol. The molecular formula is C22H26N2O5. The quantitative estimate of drug-likeness (QED) is 0.747. The molecule has 0 saturated carbocycles. The van der Waals surface area contributed by atoms with Crippen molar-refractivity contribution in [3.8, 4) is 17.2 Å². The number of rotatable bonds is 7. The Bertz CT molecular complexity index is 851. The van der Waals surface area contributed by atoms with Crippen molar-refractivity contribution in [3.63, 3.8) is 0 Å². The molecule has 2 aromatic rings. The number of hydrogen-bond donors (Lipinski definition) is 2. The van der Waals surface area contributed by atoms with Crippen molar-refractivity contribution >= 4 is 11.8 Å². The predicted octanol–water partition coefficient (Wildman–Crippen LogP) is 2.29. The van der Waals surface area contributed by atoms with Crippen molar-refractivity contribution in [2.75, 3.05) is 13.7 Å². The van der Waals surface area contributed by atoms with Crippen LogP contribution in [0.1, 0.15) is 19.4 Å². The van der Waals surface area contributed by atoms with Crippen molar-refractivity contribution in [3.05, 3.63) is 54.1 Å². The predicted molar refractivity (Wildman–Crippen MR) is 108 cm³/mol. The molecule has 0 spiro atoms. The van der Waals surface area contributed by atoms with Crippen LogP contribution < -0.4 is 24.8 Å². The van der Waals surface area contributed by atoms with Gasteiger partial charge in [0.1, 0.15) is 18.4 Å². The van der Waals surface area contributed by atoms with E-state index >= 15 is 0 Å². The van der Waals surface area contributed by atoms with Gasteiger partial charge in [-0.2, -0.15) is 0 Å². The van der Waals surface area contributed by atoms with Gasteiger partial charge < -0.3 is 24.8 Å². The topological polar surface area (TPSA) is 85.9 Å². The molecule has 0 radical (unpaired) electrons. The second-order valence-corrected chi connectivity index (χ2v) is 7.16. The van der Waals surface area contributed by atoms with E-state index in [-0.39, 0.29) is 24.3 Å². The Morgan fingerprint density at radius 2 is 1.79 bits per heavy atom. The normalized spacial score (nSPS) is 16.1. The van der Waals surface area contributed by atoms with E-state index in [0.717, 1.165) is 11.3 Å². The second kappa shape index (κ2) is 9.32. The number of benzene rings is 2. The zero-order valence-electron chi connectivity index (χ0n) is 16.8. The lowest BCUT2D eigenvalue weighted by atomic mass is 10.0. The van der Waals surface area contributed by atoms with Crippen molar-refractivity contribution in [1.82, 2.24) is 10.6 Å². The minimum Gasteiger partial charge on any atom is -0.497 e. The lowest BCUT2D eigenvalue weighted by Gasteiger charge is -2.28. The Morgan fingerprint density at radius 1 is 1.10 bits per heavy atom. The molecule has 0 fully saturated rings. The lowest BCUT2D eigenvalue weighted by molar-refractivity contribution is -0.135. The molecule has 154 valence electrons. The molecule has 0 aromatic heterocycles. The highest BCUT2D eigenvalue weighted by Gasteiger charge is 2.31. The number of carbonyl (C=O) groups is 2. The van der Waals surface area contributed by atoms with E-state index in [0.29, 0.717) is 18.0 Å². The summed E-state index contributed by atoms with van der Waals surface area (Å²) in [5.74, 6) is 1.16. The SMILES string of the molecule is COc1ccc(CNC(=O)[C@H](NC(=O)[C@H]2COc3ccccc3O2)C(C)C)cc1. The largest absolute Gasteiger partial charge is 0.497 e. The Hall–Kier alpha value is -3.22. The first-order chi connectivity index (χ1) is 14.0. The van der Waals surface area contributed by atoms with E-state index in [2.05, 4.69) is 10.6 Å². The van der Waals surface area contributed by atoms with E-state index in [9.17, 15) is 9.59 Å². The summed E-state index contributed by atoms with van der Waals surface area (Å²) in [6, 6.07) is 13.9. The highest BCUT2D eigenvalue weighted by atomic mass is 16.6. The Morgan fingerprint density at radius 3 is 2.45 bits per heavy atom. The van der Waals surface area contributed by atoms with Gasteiger partial charge in [-0.3, -0.25) is 9.59 Å². The van der Waals surface area contributed by atoms with Crippen LogP contribution in [0.15, 0.2) is 48.5 Å². The van der Waals surface area contributed by atoms with Gasteiger partial charge in [-0.25, -0.2) is 0 Å². The van der Waals surface area contributed by atoms with Crippen LogP contribution in [0.25, 0.3) is 0 Å². The molecular weight excluding hydrogens is 372 g/mol. The molecule has 0 bridgehead atoms. The maximum atomic E-state index is 12.7. The minimum absolute atomic E-state index is 0.0911. The zero-order chi connectivity index (χ0) is 20.8. The molecule has 3 rings (SSSR count). The fourth-order valence-corrected chi connectivity index (χ4v) is 2.97. The Labute approximate surface area is 170 Å². The van der Waals surface area contributed by atoms with E-state index in [4.69, 9.17) is 14.2 Å². The van der Waals surface area contributed by atoms with Crippen LogP contribution in [0.2, 0.25) is 0 Å². The van der Waals surface area contributed by atoms with Crippen LogP contribution in [0.5, 0.6) is 17.2 Å². The van der Waals surface area contributed by atoms with Crippen molar-refractivity contribution in [1.29, 1.82) is 0 Å². The summed E-state index contributed by atoms with van der Waals surface area (Å²) in [6.45, 7) is 4.22. The van der Waals surface area contributed by atoms with Gasteiger partial charge >= 0.3 is 0 Å². The molecule has 0 unspecified atom stereocenters. The lowest BCUT2D eigenvalue weighted by Crippen LogP contribution is -2.54. The summed E-state index contributed by atoms with van der Waals surface area (Å²) < 4.78 is 16.4. The van der Waals surface area contributed by atoms with E-state index in [1.165, 1.54) is 0 Å². The van der Waals surface area contributed by atoms with Crippen LogP contribution in [-0.4, -0.2) is 37.7 Å². The van der Waals surface area contributed by atoms with Gasteiger partial charge in [-0.15, -0.1) is 0 Å². The van der Waals surface area contributed by atoms with Crippen LogP contribution in [0.4, 0.5) is 0 Å². The van der Waals surface area contributed by atoms with Gasteiger partial charge in [0.25, 0.3) is 5.91 Å². The summed E-state index contributed by atoms with van der Waals surface area (Å²) in [5.41, 5.74) is 0.939. The highest BCUT2D eigenvalue weighted by molar-refractivity contribution is 5.90. The smallest absolute Gasteiger partial charge is 0.265 e. The van der Waals surface area contributed by atoms with Crippen molar-refractivity contribution < 1.29 is 23.8 Å². The number of nitrogens with one attached hydrogen (secondary N) is 2. The fraction of sp³-hybridized carbons (Fsp3) is 0.364. The van der Waals surface area contributed by atoms with Gasteiger partial charge in [-0.05, 0) is 35.7 Å². The maximum absolute atomic E-state index is 12.7. The molecule has 2 atom stereocenters. The maximum Gasteiger partial charge on any atom is 0.265 e. The first-order valence-electron chi connectivity index (χ1n) is 9.57. The summed E-state index contributed by atoms with van der Waals surface area (Å²) in [6.07, 6.45) is -0.805. The summed E-state index contributed by atoms with van der Waals surface area (Å²) >= 11 is 0. The molecule has 1 heterocycles. The monoisotopic (exact) mass is 398 g/mol. The number of hydrogen-bond acceptors (Lipinski definition) is 5. The Kier molecular flexibility index (Phi) is 6.59. The van der Waals surface area contributed by atoms with Crippen LogP contribution in [-0.2, 0) is 16.1 Å². The van der Waals surface area contributed by atoms with Gasteiger partial charge in [0.2, 0.25) is 12.0 Å².